The molecular formula is C17H19N5O2. The zero-order chi connectivity index (χ0) is 16.5. The van der Waals surface area contributed by atoms with Crippen molar-refractivity contribution in [1.82, 2.24) is 19.9 Å². The smallest absolute Gasteiger partial charge is 0.415 e. The number of carbonyl (C=O) groups excluding carboxylic acids is 1. The Morgan fingerprint density at radius 3 is 2.92 bits per heavy atom. The van der Waals surface area contributed by atoms with Crippen molar-refractivity contribution in [2.75, 3.05) is 18.0 Å². The Morgan fingerprint density at radius 1 is 1.29 bits per heavy atom. The fraction of sp³-hybridized carbons (Fsp3) is 0.471. The Morgan fingerprint density at radius 2 is 2.12 bits per heavy atom. The van der Waals surface area contributed by atoms with Crippen LogP contribution in [0.15, 0.2) is 30.4 Å². The van der Waals surface area contributed by atoms with Gasteiger partial charge in [-0.1, -0.05) is 0 Å². The van der Waals surface area contributed by atoms with Crippen LogP contribution in [0.5, 0.6) is 0 Å². The number of hydrogen-bond donors (Lipinski definition) is 1. The van der Waals surface area contributed by atoms with Gasteiger partial charge in [-0.25, -0.2) is 14.8 Å². The van der Waals surface area contributed by atoms with E-state index in [2.05, 4.69) is 25.9 Å². The minimum absolute atomic E-state index is 0.148. The summed E-state index contributed by atoms with van der Waals surface area (Å²) < 4.78 is 5.58. The molecule has 1 spiro atoms. The van der Waals surface area contributed by atoms with E-state index in [-0.39, 0.29) is 11.6 Å². The minimum atomic E-state index is -0.572. The lowest BCUT2D eigenvalue weighted by Gasteiger charge is -2.47. The fourth-order valence-corrected chi connectivity index (χ4v) is 3.96. The summed E-state index contributed by atoms with van der Waals surface area (Å²) >= 11 is 0. The molecule has 124 valence electrons. The monoisotopic (exact) mass is 325 g/mol. The first kappa shape index (κ1) is 13.8. The molecule has 0 unspecified atom stereocenters. The van der Waals surface area contributed by atoms with Gasteiger partial charge >= 0.3 is 6.09 Å². The molecule has 0 aromatic carbocycles. The molecule has 2 fully saturated rings. The second-order valence-electron chi connectivity index (χ2n) is 7.46. The SMILES string of the molecule is CC1(C)C=C2CN(c3ncnc4[nH]ccc34)CC3(CC3)N2C(=O)O1. The van der Waals surface area contributed by atoms with Crippen LogP contribution in [-0.2, 0) is 4.74 Å². The highest BCUT2D eigenvalue weighted by Crippen LogP contribution is 2.50. The molecule has 0 atom stereocenters. The highest BCUT2D eigenvalue weighted by molar-refractivity contribution is 5.88. The average molecular weight is 325 g/mol. The van der Waals surface area contributed by atoms with Crippen LogP contribution in [0.1, 0.15) is 26.7 Å². The van der Waals surface area contributed by atoms with Crippen molar-refractivity contribution in [1.29, 1.82) is 0 Å². The summed E-state index contributed by atoms with van der Waals surface area (Å²) in [6.07, 6.45) is 7.31. The lowest BCUT2D eigenvalue weighted by atomic mass is 10.0. The summed E-state index contributed by atoms with van der Waals surface area (Å²) in [7, 11) is 0. The number of anilines is 1. The van der Waals surface area contributed by atoms with E-state index in [1.807, 2.05) is 31.0 Å². The Bertz CT molecular complexity index is 880. The summed E-state index contributed by atoms with van der Waals surface area (Å²) in [6, 6.07) is 2.00. The number of aromatic amines is 1. The largest absolute Gasteiger partial charge is 0.439 e. The maximum Gasteiger partial charge on any atom is 0.415 e. The van der Waals surface area contributed by atoms with Crippen molar-refractivity contribution in [3.05, 3.63) is 30.4 Å². The summed E-state index contributed by atoms with van der Waals surface area (Å²) in [5.41, 5.74) is 1.13. The van der Waals surface area contributed by atoms with Crippen molar-refractivity contribution in [3.63, 3.8) is 0 Å². The Labute approximate surface area is 139 Å². The van der Waals surface area contributed by atoms with E-state index in [4.69, 9.17) is 4.74 Å². The molecule has 2 aromatic heterocycles. The van der Waals surface area contributed by atoms with Crippen molar-refractivity contribution in [2.45, 2.75) is 37.8 Å². The molecule has 1 amide bonds. The van der Waals surface area contributed by atoms with Crippen LogP contribution in [0.2, 0.25) is 0 Å². The number of fused-ring (bicyclic) bond motifs is 3. The van der Waals surface area contributed by atoms with Gasteiger partial charge < -0.3 is 14.6 Å². The number of cyclic esters (lactones) is 1. The zero-order valence-electron chi connectivity index (χ0n) is 13.7. The second kappa shape index (κ2) is 4.28. The number of carbonyl (C=O) groups is 1. The number of amides is 1. The van der Waals surface area contributed by atoms with Gasteiger partial charge in [0, 0.05) is 18.4 Å². The molecule has 4 heterocycles. The first-order valence-electron chi connectivity index (χ1n) is 8.26. The predicted octanol–water partition coefficient (Wildman–Crippen LogP) is 2.43. The lowest BCUT2D eigenvalue weighted by Crippen LogP contribution is -2.59. The summed E-state index contributed by atoms with van der Waals surface area (Å²) in [5.74, 6) is 0.921. The number of nitrogens with one attached hydrogen (secondary N) is 1. The summed E-state index contributed by atoms with van der Waals surface area (Å²) in [4.78, 5) is 28.6. The van der Waals surface area contributed by atoms with Crippen LogP contribution in [0.4, 0.5) is 10.6 Å². The lowest BCUT2D eigenvalue weighted by molar-refractivity contribution is 0.0179. The number of nitrogens with zero attached hydrogens (tertiary/aromatic N) is 4. The molecule has 3 aliphatic rings. The average Bonchev–Trinajstić information content (AvgIpc) is 3.09. The Balaban J connectivity index is 1.60. The highest BCUT2D eigenvalue weighted by Gasteiger charge is 2.58. The van der Waals surface area contributed by atoms with Crippen LogP contribution in [-0.4, -0.2) is 50.2 Å². The number of hydrogen-bond acceptors (Lipinski definition) is 5. The van der Waals surface area contributed by atoms with Gasteiger partial charge in [0.05, 0.1) is 17.5 Å². The highest BCUT2D eigenvalue weighted by atomic mass is 16.6. The predicted molar refractivity (Wildman–Crippen MR) is 88.5 cm³/mol. The van der Waals surface area contributed by atoms with Crippen LogP contribution in [0, 0.1) is 0 Å². The third kappa shape index (κ3) is 1.87. The third-order valence-electron chi connectivity index (χ3n) is 5.11. The van der Waals surface area contributed by atoms with Gasteiger partial charge in [0.1, 0.15) is 23.4 Å². The van der Waals surface area contributed by atoms with E-state index in [0.29, 0.717) is 6.54 Å². The molecule has 2 aromatic rings. The fourth-order valence-electron chi connectivity index (χ4n) is 3.96. The third-order valence-corrected chi connectivity index (χ3v) is 5.11. The summed E-state index contributed by atoms with van der Waals surface area (Å²) in [5, 5.41) is 1.01. The van der Waals surface area contributed by atoms with Crippen LogP contribution in [0.25, 0.3) is 11.0 Å². The number of rotatable bonds is 1. The molecule has 1 N–H and O–H groups in total. The maximum absolute atomic E-state index is 12.5. The van der Waals surface area contributed by atoms with E-state index < -0.39 is 5.60 Å². The maximum atomic E-state index is 12.5. The van der Waals surface area contributed by atoms with Gasteiger partial charge in [-0.3, -0.25) is 4.90 Å². The van der Waals surface area contributed by atoms with Crippen molar-refractivity contribution >= 4 is 22.9 Å². The van der Waals surface area contributed by atoms with Gasteiger partial charge in [-0.05, 0) is 38.8 Å². The topological polar surface area (TPSA) is 74.4 Å². The molecule has 1 aliphatic carbocycles. The molecule has 7 heteroatoms. The molecule has 0 radical (unpaired) electrons. The van der Waals surface area contributed by atoms with Crippen molar-refractivity contribution < 1.29 is 9.53 Å². The first-order valence-corrected chi connectivity index (χ1v) is 8.26. The van der Waals surface area contributed by atoms with E-state index >= 15 is 0 Å². The van der Waals surface area contributed by atoms with E-state index in [0.717, 1.165) is 41.9 Å². The Kier molecular flexibility index (Phi) is 2.47. The van der Waals surface area contributed by atoms with Gasteiger partial charge in [0.15, 0.2) is 0 Å². The number of H-pyrrole nitrogens is 1. The second-order valence-corrected chi connectivity index (χ2v) is 7.46. The van der Waals surface area contributed by atoms with Gasteiger partial charge in [-0.15, -0.1) is 0 Å². The van der Waals surface area contributed by atoms with Gasteiger partial charge in [0.2, 0.25) is 0 Å². The minimum Gasteiger partial charge on any atom is -0.439 e. The number of piperazine rings is 1. The van der Waals surface area contributed by atoms with Gasteiger partial charge in [0.25, 0.3) is 0 Å². The summed E-state index contributed by atoms with van der Waals surface area (Å²) in [6.45, 7) is 5.26. The molecular weight excluding hydrogens is 306 g/mol. The van der Waals surface area contributed by atoms with Crippen LogP contribution >= 0.6 is 0 Å². The quantitative estimate of drug-likeness (QED) is 0.871. The molecule has 1 saturated heterocycles. The Hall–Kier alpha value is -2.57. The van der Waals surface area contributed by atoms with E-state index in [1.165, 1.54) is 0 Å². The molecule has 5 rings (SSSR count). The van der Waals surface area contributed by atoms with E-state index in [9.17, 15) is 4.79 Å². The first-order chi connectivity index (χ1) is 11.5. The van der Waals surface area contributed by atoms with Crippen molar-refractivity contribution in [2.24, 2.45) is 0 Å². The number of ether oxygens (including phenoxy) is 1. The van der Waals surface area contributed by atoms with Crippen LogP contribution < -0.4 is 4.90 Å². The molecule has 24 heavy (non-hydrogen) atoms. The molecule has 0 bridgehead atoms. The molecule has 2 aliphatic heterocycles. The normalized spacial score (nSPS) is 23.9. The zero-order valence-corrected chi connectivity index (χ0v) is 13.7. The van der Waals surface area contributed by atoms with Gasteiger partial charge in [-0.2, -0.15) is 0 Å². The molecule has 7 nitrogen and oxygen atoms in total. The van der Waals surface area contributed by atoms with Crippen LogP contribution in [0.3, 0.4) is 0 Å². The standard InChI is InChI=1S/C17H19N5O2/c1-16(2)7-11-8-21(9-17(4-5-17)22(11)15(23)24-16)14-12-3-6-18-13(12)19-10-20-14/h3,6-7,10H,4-5,8-9H2,1-2H3,(H,18,19,20). The van der Waals surface area contributed by atoms with E-state index in [1.54, 1.807) is 6.33 Å². The van der Waals surface area contributed by atoms with Crippen molar-refractivity contribution in [3.8, 4) is 0 Å². The number of aromatic nitrogens is 3. The molecule has 1 saturated carbocycles.